The van der Waals surface area contributed by atoms with Crippen molar-refractivity contribution >= 4 is 5.91 Å². The summed E-state index contributed by atoms with van der Waals surface area (Å²) in [6.45, 7) is 3.29. The molecule has 1 aromatic rings. The molecule has 4 nitrogen and oxygen atoms in total. The van der Waals surface area contributed by atoms with Gasteiger partial charge in [0.05, 0.1) is 5.60 Å². The number of carbonyl (C=O) groups is 1. The smallest absolute Gasteiger partial charge is 0.248 e. The van der Waals surface area contributed by atoms with E-state index in [4.69, 9.17) is 5.73 Å². The fourth-order valence-electron chi connectivity index (χ4n) is 2.24. The molecular weight excluding hydrogens is 228 g/mol. The Morgan fingerprint density at radius 1 is 1.50 bits per heavy atom. The van der Waals surface area contributed by atoms with Gasteiger partial charge in [0.1, 0.15) is 0 Å². The molecule has 98 valence electrons. The zero-order valence-electron chi connectivity index (χ0n) is 10.7. The average Bonchev–Trinajstić information content (AvgIpc) is 2.28. The second kappa shape index (κ2) is 5.08. The third kappa shape index (κ3) is 2.89. The number of primary amides is 1. The van der Waals surface area contributed by atoms with Crippen LogP contribution in [-0.2, 0) is 6.54 Å². The highest BCUT2D eigenvalue weighted by Crippen LogP contribution is 2.30. The minimum absolute atomic E-state index is 0.401. The highest BCUT2D eigenvalue weighted by molar-refractivity contribution is 5.93. The number of benzene rings is 1. The third-order valence-electron chi connectivity index (χ3n) is 3.68. The standard InChI is InChI=1S/C14H20N2O2/c1-10-7-11(13(15)17)3-4-12(10)8-16-9-14(18)5-2-6-14/h3-4,7,16,18H,2,5-6,8-9H2,1H3,(H2,15,17). The van der Waals surface area contributed by atoms with Gasteiger partial charge >= 0.3 is 0 Å². The number of aryl methyl sites for hydroxylation is 1. The van der Waals surface area contributed by atoms with Gasteiger partial charge in [-0.15, -0.1) is 0 Å². The fraction of sp³-hybridized carbons (Fsp3) is 0.500. The van der Waals surface area contributed by atoms with Gasteiger partial charge in [0.2, 0.25) is 5.91 Å². The van der Waals surface area contributed by atoms with Crippen LogP contribution in [0.4, 0.5) is 0 Å². The second-order valence-corrected chi connectivity index (χ2v) is 5.19. The van der Waals surface area contributed by atoms with Crippen LogP contribution in [0.3, 0.4) is 0 Å². The summed E-state index contributed by atoms with van der Waals surface area (Å²) < 4.78 is 0. The van der Waals surface area contributed by atoms with Gasteiger partial charge in [-0.05, 0) is 49.4 Å². The molecule has 1 aliphatic carbocycles. The normalized spacial score (nSPS) is 17.2. The van der Waals surface area contributed by atoms with E-state index in [1.165, 1.54) is 0 Å². The monoisotopic (exact) mass is 248 g/mol. The van der Waals surface area contributed by atoms with Gasteiger partial charge in [-0.2, -0.15) is 0 Å². The molecule has 1 saturated carbocycles. The van der Waals surface area contributed by atoms with E-state index in [2.05, 4.69) is 5.32 Å². The van der Waals surface area contributed by atoms with Crippen LogP contribution in [0.25, 0.3) is 0 Å². The van der Waals surface area contributed by atoms with Crippen LogP contribution < -0.4 is 11.1 Å². The number of nitrogens with two attached hydrogens (primary N) is 1. The Hall–Kier alpha value is -1.39. The zero-order chi connectivity index (χ0) is 13.2. The van der Waals surface area contributed by atoms with E-state index >= 15 is 0 Å². The maximum absolute atomic E-state index is 11.0. The lowest BCUT2D eigenvalue weighted by Gasteiger charge is -2.36. The summed E-state index contributed by atoms with van der Waals surface area (Å²) in [5, 5.41) is 13.2. The molecule has 0 atom stereocenters. The summed E-state index contributed by atoms with van der Waals surface area (Å²) in [7, 11) is 0. The Balaban J connectivity index is 1.91. The van der Waals surface area contributed by atoms with Crippen molar-refractivity contribution in [1.29, 1.82) is 0 Å². The molecule has 0 heterocycles. The van der Waals surface area contributed by atoms with Crippen molar-refractivity contribution in [3.8, 4) is 0 Å². The van der Waals surface area contributed by atoms with Crippen molar-refractivity contribution in [2.75, 3.05) is 6.54 Å². The lowest BCUT2D eigenvalue weighted by molar-refractivity contribution is -0.0314. The molecule has 18 heavy (non-hydrogen) atoms. The number of rotatable bonds is 5. The van der Waals surface area contributed by atoms with E-state index in [-0.39, 0.29) is 0 Å². The lowest BCUT2D eigenvalue weighted by atomic mass is 9.80. The number of hydrogen-bond acceptors (Lipinski definition) is 3. The van der Waals surface area contributed by atoms with Crippen molar-refractivity contribution in [2.24, 2.45) is 5.73 Å². The van der Waals surface area contributed by atoms with Crippen molar-refractivity contribution in [3.05, 3.63) is 34.9 Å². The van der Waals surface area contributed by atoms with Crippen LogP contribution in [0.2, 0.25) is 0 Å². The molecule has 0 aromatic heterocycles. The largest absolute Gasteiger partial charge is 0.389 e. The molecule has 0 saturated heterocycles. The third-order valence-corrected chi connectivity index (χ3v) is 3.68. The van der Waals surface area contributed by atoms with E-state index in [0.717, 1.165) is 30.4 Å². The minimum Gasteiger partial charge on any atom is -0.389 e. The Kier molecular flexibility index (Phi) is 3.68. The highest BCUT2D eigenvalue weighted by atomic mass is 16.3. The Labute approximate surface area is 107 Å². The lowest BCUT2D eigenvalue weighted by Crippen LogP contribution is -2.46. The topological polar surface area (TPSA) is 75.4 Å². The molecule has 0 radical (unpaired) electrons. The molecule has 1 amide bonds. The van der Waals surface area contributed by atoms with Crippen LogP contribution >= 0.6 is 0 Å². The van der Waals surface area contributed by atoms with Crippen LogP contribution in [0, 0.1) is 6.92 Å². The van der Waals surface area contributed by atoms with Crippen LogP contribution in [-0.4, -0.2) is 23.2 Å². The molecule has 1 aromatic carbocycles. The molecule has 1 fully saturated rings. The molecule has 4 N–H and O–H groups in total. The summed E-state index contributed by atoms with van der Waals surface area (Å²) in [5.41, 5.74) is 7.43. The average molecular weight is 248 g/mol. The van der Waals surface area contributed by atoms with Crippen molar-refractivity contribution in [1.82, 2.24) is 5.32 Å². The number of hydrogen-bond donors (Lipinski definition) is 3. The Morgan fingerprint density at radius 3 is 2.72 bits per heavy atom. The van der Waals surface area contributed by atoms with Gasteiger partial charge in [-0.3, -0.25) is 4.79 Å². The van der Waals surface area contributed by atoms with E-state index in [0.29, 0.717) is 18.7 Å². The first-order valence-electron chi connectivity index (χ1n) is 6.33. The summed E-state index contributed by atoms with van der Waals surface area (Å²) in [4.78, 5) is 11.0. The molecule has 0 bridgehead atoms. The molecule has 2 rings (SSSR count). The number of nitrogens with one attached hydrogen (secondary N) is 1. The quantitative estimate of drug-likeness (QED) is 0.730. The van der Waals surface area contributed by atoms with Crippen LogP contribution in [0.5, 0.6) is 0 Å². The van der Waals surface area contributed by atoms with Gasteiger partial charge in [0, 0.05) is 18.7 Å². The fourth-order valence-corrected chi connectivity index (χ4v) is 2.24. The van der Waals surface area contributed by atoms with Crippen LogP contribution in [0.15, 0.2) is 18.2 Å². The predicted octanol–water partition coefficient (Wildman–Crippen LogP) is 1.10. The molecular formula is C14H20N2O2. The van der Waals surface area contributed by atoms with Crippen molar-refractivity contribution in [3.63, 3.8) is 0 Å². The van der Waals surface area contributed by atoms with E-state index in [9.17, 15) is 9.90 Å². The highest BCUT2D eigenvalue weighted by Gasteiger charge is 2.33. The molecule has 1 aliphatic rings. The number of amides is 1. The predicted molar refractivity (Wildman–Crippen MR) is 70.2 cm³/mol. The maximum atomic E-state index is 11.0. The molecule has 4 heteroatoms. The summed E-state index contributed by atoms with van der Waals surface area (Å²) in [6.07, 6.45) is 2.89. The molecule has 0 spiro atoms. The van der Waals surface area contributed by atoms with Gasteiger partial charge in [0.25, 0.3) is 0 Å². The van der Waals surface area contributed by atoms with Gasteiger partial charge in [-0.1, -0.05) is 6.07 Å². The summed E-state index contributed by atoms with van der Waals surface area (Å²) in [5.74, 6) is -0.401. The summed E-state index contributed by atoms with van der Waals surface area (Å²) >= 11 is 0. The van der Waals surface area contributed by atoms with E-state index in [1.807, 2.05) is 13.0 Å². The summed E-state index contributed by atoms with van der Waals surface area (Å²) in [6, 6.07) is 5.45. The second-order valence-electron chi connectivity index (χ2n) is 5.19. The molecule has 0 unspecified atom stereocenters. The Morgan fingerprint density at radius 2 is 2.22 bits per heavy atom. The zero-order valence-corrected chi connectivity index (χ0v) is 10.7. The first-order chi connectivity index (χ1) is 8.50. The van der Waals surface area contributed by atoms with Gasteiger partial charge in [0.15, 0.2) is 0 Å². The van der Waals surface area contributed by atoms with Crippen molar-refractivity contribution < 1.29 is 9.90 Å². The minimum atomic E-state index is -0.499. The van der Waals surface area contributed by atoms with Gasteiger partial charge in [-0.25, -0.2) is 0 Å². The first kappa shape index (κ1) is 13.1. The first-order valence-corrected chi connectivity index (χ1v) is 6.33. The van der Waals surface area contributed by atoms with E-state index in [1.54, 1.807) is 12.1 Å². The number of carbonyl (C=O) groups excluding carboxylic acids is 1. The Bertz CT molecular complexity index is 453. The van der Waals surface area contributed by atoms with Gasteiger partial charge < -0.3 is 16.2 Å². The van der Waals surface area contributed by atoms with E-state index < -0.39 is 11.5 Å². The number of aliphatic hydroxyl groups is 1. The molecule has 0 aliphatic heterocycles. The van der Waals surface area contributed by atoms with Crippen molar-refractivity contribution in [2.45, 2.75) is 38.3 Å². The van der Waals surface area contributed by atoms with Crippen LogP contribution in [0.1, 0.15) is 40.7 Å². The SMILES string of the molecule is Cc1cc(C(N)=O)ccc1CNCC1(O)CCC1. The maximum Gasteiger partial charge on any atom is 0.248 e.